The molecule has 0 saturated carbocycles. The molecule has 17 heavy (non-hydrogen) atoms. The minimum absolute atomic E-state index is 0.0530. The fraction of sp³-hybridized carbons (Fsp3) is 0.167. The molecule has 0 fully saturated rings. The minimum atomic E-state index is -3.40. The molecule has 0 aromatic heterocycles. The number of hydrogen-bond acceptors (Lipinski definition) is 3. The predicted molar refractivity (Wildman–Crippen MR) is 65.5 cm³/mol. The summed E-state index contributed by atoms with van der Waals surface area (Å²) in [5, 5.41) is 10.6. The molecular formula is C12H11NO3S. The minimum Gasteiger partial charge on any atom is -0.396 e. The summed E-state index contributed by atoms with van der Waals surface area (Å²) in [5.41, 5.74) is 1.54. The van der Waals surface area contributed by atoms with Gasteiger partial charge in [-0.25, -0.2) is 8.42 Å². The van der Waals surface area contributed by atoms with Gasteiger partial charge in [0.2, 0.25) is 0 Å². The Kier molecular flexibility index (Phi) is 2.14. The molecule has 0 spiro atoms. The van der Waals surface area contributed by atoms with Gasteiger partial charge in [-0.2, -0.15) is 0 Å². The average molecular weight is 249 g/mol. The zero-order chi connectivity index (χ0) is 12.0. The molecule has 3 rings (SSSR count). The van der Waals surface area contributed by atoms with E-state index in [1.54, 1.807) is 18.2 Å². The highest BCUT2D eigenvalue weighted by Crippen LogP contribution is 2.38. The lowest BCUT2D eigenvalue weighted by Gasteiger charge is -2.03. The van der Waals surface area contributed by atoms with Crippen LogP contribution in [0.25, 0.3) is 10.8 Å². The molecule has 0 atom stereocenters. The molecule has 0 radical (unpaired) electrons. The van der Waals surface area contributed by atoms with Gasteiger partial charge in [0.05, 0.1) is 10.6 Å². The molecule has 1 aliphatic rings. The molecule has 5 heteroatoms. The molecule has 88 valence electrons. The van der Waals surface area contributed by atoms with Gasteiger partial charge in [0.25, 0.3) is 10.0 Å². The summed E-state index contributed by atoms with van der Waals surface area (Å²) in [7, 11) is -3.40. The maximum atomic E-state index is 11.8. The first kappa shape index (κ1) is 10.6. The third kappa shape index (κ3) is 1.50. The standard InChI is InChI=1S/C12H11NO3S/c14-5-4-8-6-9-2-1-3-11-12(9)10(7-8)13-17(11,15)16/h1-3,6-7,13-14H,4-5H2. The van der Waals surface area contributed by atoms with Gasteiger partial charge in [-0.3, -0.25) is 4.72 Å². The number of hydrogen-bond donors (Lipinski definition) is 2. The Morgan fingerprint density at radius 1 is 1.24 bits per heavy atom. The molecule has 1 aliphatic heterocycles. The third-order valence-corrected chi connectivity index (χ3v) is 4.34. The van der Waals surface area contributed by atoms with Crippen molar-refractivity contribution in [3.63, 3.8) is 0 Å². The summed E-state index contributed by atoms with van der Waals surface area (Å²) < 4.78 is 26.2. The molecule has 0 unspecified atom stereocenters. The van der Waals surface area contributed by atoms with E-state index in [-0.39, 0.29) is 6.61 Å². The van der Waals surface area contributed by atoms with Crippen molar-refractivity contribution in [1.29, 1.82) is 0 Å². The molecular weight excluding hydrogens is 238 g/mol. The Hall–Kier alpha value is -1.59. The van der Waals surface area contributed by atoms with Crippen LogP contribution in [0.1, 0.15) is 5.56 Å². The summed E-state index contributed by atoms with van der Waals surface area (Å²) in [6, 6.07) is 8.92. The second-order valence-electron chi connectivity index (χ2n) is 4.08. The lowest BCUT2D eigenvalue weighted by molar-refractivity contribution is 0.299. The first-order valence-electron chi connectivity index (χ1n) is 5.31. The first-order chi connectivity index (χ1) is 8.12. The fourth-order valence-electron chi connectivity index (χ4n) is 2.23. The number of aliphatic hydroxyl groups is 1. The summed E-state index contributed by atoms with van der Waals surface area (Å²) in [4.78, 5) is 0.334. The highest BCUT2D eigenvalue weighted by Gasteiger charge is 2.27. The van der Waals surface area contributed by atoms with Crippen molar-refractivity contribution >= 4 is 26.5 Å². The van der Waals surface area contributed by atoms with Gasteiger partial charge in [0.15, 0.2) is 0 Å². The summed E-state index contributed by atoms with van der Waals surface area (Å²) in [6.07, 6.45) is 0.523. The number of rotatable bonds is 2. The average Bonchev–Trinajstić information content (AvgIpc) is 2.53. The van der Waals surface area contributed by atoms with Gasteiger partial charge in [-0.15, -0.1) is 0 Å². The molecule has 0 aliphatic carbocycles. The largest absolute Gasteiger partial charge is 0.396 e. The van der Waals surface area contributed by atoms with Crippen LogP contribution in [0, 0.1) is 0 Å². The van der Waals surface area contributed by atoms with Crippen molar-refractivity contribution in [1.82, 2.24) is 0 Å². The molecule has 1 heterocycles. The second-order valence-corrected chi connectivity index (χ2v) is 5.73. The number of aliphatic hydroxyl groups excluding tert-OH is 1. The monoisotopic (exact) mass is 249 g/mol. The number of anilines is 1. The quantitative estimate of drug-likeness (QED) is 0.847. The van der Waals surface area contributed by atoms with Gasteiger partial charge in [0.1, 0.15) is 0 Å². The zero-order valence-corrected chi connectivity index (χ0v) is 9.79. The lowest BCUT2D eigenvalue weighted by Crippen LogP contribution is -2.06. The van der Waals surface area contributed by atoms with Crippen LogP contribution in [0.3, 0.4) is 0 Å². The van der Waals surface area contributed by atoms with E-state index in [0.717, 1.165) is 16.3 Å². The molecule has 0 saturated heterocycles. The van der Waals surface area contributed by atoms with E-state index in [1.807, 2.05) is 12.1 Å². The summed E-state index contributed by atoms with van der Waals surface area (Å²) >= 11 is 0. The van der Waals surface area contributed by atoms with Gasteiger partial charge < -0.3 is 5.11 Å². The van der Waals surface area contributed by atoms with E-state index >= 15 is 0 Å². The highest BCUT2D eigenvalue weighted by molar-refractivity contribution is 7.93. The van der Waals surface area contributed by atoms with E-state index in [1.165, 1.54) is 0 Å². The number of nitrogens with one attached hydrogen (secondary N) is 1. The molecule has 0 amide bonds. The van der Waals surface area contributed by atoms with Crippen molar-refractivity contribution in [2.24, 2.45) is 0 Å². The van der Waals surface area contributed by atoms with E-state index in [4.69, 9.17) is 5.11 Å². The lowest BCUT2D eigenvalue weighted by atomic mass is 10.0. The van der Waals surface area contributed by atoms with Gasteiger partial charge in [-0.1, -0.05) is 18.2 Å². The molecule has 2 N–H and O–H groups in total. The maximum Gasteiger partial charge on any atom is 0.262 e. The van der Waals surface area contributed by atoms with Crippen molar-refractivity contribution in [3.8, 4) is 0 Å². The molecule has 2 aromatic carbocycles. The van der Waals surface area contributed by atoms with E-state index < -0.39 is 10.0 Å². The molecule has 0 bridgehead atoms. The topological polar surface area (TPSA) is 66.4 Å². The van der Waals surface area contributed by atoms with Crippen LogP contribution in [0.15, 0.2) is 35.2 Å². The first-order valence-corrected chi connectivity index (χ1v) is 6.79. The van der Waals surface area contributed by atoms with Crippen molar-refractivity contribution in [2.75, 3.05) is 11.3 Å². The van der Waals surface area contributed by atoms with Crippen LogP contribution in [0.2, 0.25) is 0 Å². The van der Waals surface area contributed by atoms with Crippen LogP contribution >= 0.6 is 0 Å². The highest BCUT2D eigenvalue weighted by atomic mass is 32.2. The van der Waals surface area contributed by atoms with E-state index in [9.17, 15) is 8.42 Å². The summed E-state index contributed by atoms with van der Waals surface area (Å²) in [6.45, 7) is 0.0530. The van der Waals surface area contributed by atoms with Gasteiger partial charge in [-0.05, 0) is 29.5 Å². The van der Waals surface area contributed by atoms with Crippen molar-refractivity contribution in [2.45, 2.75) is 11.3 Å². The SMILES string of the molecule is O=S1(=O)Nc2cc(CCO)cc3cccc1c23. The fourth-order valence-corrected chi connectivity index (χ4v) is 3.55. The van der Waals surface area contributed by atoms with Crippen LogP contribution in [-0.4, -0.2) is 20.1 Å². The molecule has 4 nitrogen and oxygen atoms in total. The zero-order valence-electron chi connectivity index (χ0n) is 8.97. The predicted octanol–water partition coefficient (Wildman–Crippen LogP) is 1.49. The smallest absolute Gasteiger partial charge is 0.262 e. The van der Waals surface area contributed by atoms with Crippen molar-refractivity contribution in [3.05, 3.63) is 35.9 Å². The van der Waals surface area contributed by atoms with Gasteiger partial charge in [0, 0.05) is 12.0 Å². The Labute approximate surface area is 98.9 Å². The number of benzene rings is 2. The third-order valence-electron chi connectivity index (χ3n) is 2.93. The Balaban J connectivity index is 2.36. The Bertz CT molecular complexity index is 707. The van der Waals surface area contributed by atoms with Gasteiger partial charge >= 0.3 is 0 Å². The van der Waals surface area contributed by atoms with E-state index in [0.29, 0.717) is 17.0 Å². The van der Waals surface area contributed by atoms with Crippen molar-refractivity contribution < 1.29 is 13.5 Å². The Morgan fingerprint density at radius 2 is 2.06 bits per heavy atom. The summed E-state index contributed by atoms with van der Waals surface area (Å²) in [5.74, 6) is 0. The van der Waals surface area contributed by atoms with Crippen LogP contribution in [0.5, 0.6) is 0 Å². The Morgan fingerprint density at radius 3 is 2.82 bits per heavy atom. The normalized spacial score (nSPS) is 16.1. The molecule has 2 aromatic rings. The maximum absolute atomic E-state index is 11.8. The van der Waals surface area contributed by atoms with Crippen LogP contribution in [-0.2, 0) is 16.4 Å². The van der Waals surface area contributed by atoms with E-state index in [2.05, 4.69) is 4.72 Å². The number of sulfonamides is 1. The van der Waals surface area contributed by atoms with Crippen LogP contribution < -0.4 is 4.72 Å². The second kappa shape index (κ2) is 3.45. The van der Waals surface area contributed by atoms with Crippen LogP contribution in [0.4, 0.5) is 5.69 Å².